The van der Waals surface area contributed by atoms with Gasteiger partial charge in [0.1, 0.15) is 5.54 Å². The summed E-state index contributed by atoms with van der Waals surface area (Å²) >= 11 is 0. The first-order valence-corrected chi connectivity index (χ1v) is 4.57. The molecule has 0 saturated carbocycles. The largest absolute Gasteiger partial charge is 0.322 e. The molecule has 1 atom stereocenters. The highest BCUT2D eigenvalue weighted by atomic mass is 16.2. The molecular weight excluding hydrogens is 170 g/mol. The molecule has 2 fully saturated rings. The molecule has 0 aromatic rings. The van der Waals surface area contributed by atoms with Gasteiger partial charge >= 0.3 is 6.03 Å². The van der Waals surface area contributed by atoms with Crippen LogP contribution < -0.4 is 16.0 Å². The summed E-state index contributed by atoms with van der Waals surface area (Å²) in [5.74, 6) is -0.188. The number of urea groups is 1. The van der Waals surface area contributed by atoms with Crippen LogP contribution in [0, 0.1) is 0 Å². The van der Waals surface area contributed by atoms with E-state index in [4.69, 9.17) is 0 Å². The van der Waals surface area contributed by atoms with E-state index in [9.17, 15) is 9.59 Å². The summed E-state index contributed by atoms with van der Waals surface area (Å²) < 4.78 is 0. The topological polar surface area (TPSA) is 70.2 Å². The van der Waals surface area contributed by atoms with Gasteiger partial charge in [0.2, 0.25) is 0 Å². The first-order valence-electron chi connectivity index (χ1n) is 4.57. The van der Waals surface area contributed by atoms with Crippen molar-refractivity contribution in [3.63, 3.8) is 0 Å². The van der Waals surface area contributed by atoms with E-state index in [-0.39, 0.29) is 11.9 Å². The molecule has 5 nitrogen and oxygen atoms in total. The number of imide groups is 1. The summed E-state index contributed by atoms with van der Waals surface area (Å²) in [7, 11) is 0. The van der Waals surface area contributed by atoms with E-state index in [2.05, 4.69) is 16.0 Å². The summed E-state index contributed by atoms with van der Waals surface area (Å²) in [6, 6.07) is -0.367. The Morgan fingerprint density at radius 1 is 1.23 bits per heavy atom. The molecule has 0 aromatic carbocycles. The second-order valence-electron chi connectivity index (χ2n) is 3.62. The third-order valence-electron chi connectivity index (χ3n) is 2.65. The zero-order valence-electron chi connectivity index (χ0n) is 7.35. The molecule has 3 N–H and O–H groups in total. The first kappa shape index (κ1) is 8.50. The summed E-state index contributed by atoms with van der Waals surface area (Å²) in [5, 5.41) is 8.13. The predicted octanol–water partition coefficient (Wildman–Crippen LogP) is -0.662. The van der Waals surface area contributed by atoms with Gasteiger partial charge in [0.05, 0.1) is 0 Å². The Hall–Kier alpha value is -1.10. The molecule has 2 aliphatic rings. The number of nitrogens with one attached hydrogen (secondary N) is 3. The van der Waals surface area contributed by atoms with E-state index in [0.29, 0.717) is 6.54 Å². The Bertz CT molecular complexity index is 244. The normalized spacial score (nSPS) is 34.2. The summed E-state index contributed by atoms with van der Waals surface area (Å²) in [5.41, 5.74) is -0.673. The van der Waals surface area contributed by atoms with E-state index in [1.54, 1.807) is 0 Å². The zero-order valence-corrected chi connectivity index (χ0v) is 7.35. The van der Waals surface area contributed by atoms with E-state index in [1.165, 1.54) is 0 Å². The minimum atomic E-state index is -0.673. The van der Waals surface area contributed by atoms with Crippen molar-refractivity contribution < 1.29 is 9.59 Å². The molecule has 2 saturated heterocycles. The van der Waals surface area contributed by atoms with Gasteiger partial charge < -0.3 is 10.6 Å². The average molecular weight is 183 g/mol. The quantitative estimate of drug-likeness (QED) is 0.436. The van der Waals surface area contributed by atoms with Crippen molar-refractivity contribution in [1.82, 2.24) is 16.0 Å². The lowest BCUT2D eigenvalue weighted by Gasteiger charge is -2.23. The molecule has 72 valence electrons. The zero-order chi connectivity index (χ0) is 9.31. The number of hydrogen-bond acceptors (Lipinski definition) is 3. The van der Waals surface area contributed by atoms with Gasteiger partial charge in [-0.1, -0.05) is 0 Å². The highest BCUT2D eigenvalue weighted by molar-refractivity contribution is 6.07. The van der Waals surface area contributed by atoms with Crippen LogP contribution in [0.4, 0.5) is 4.79 Å². The Kier molecular flexibility index (Phi) is 1.95. The van der Waals surface area contributed by atoms with Gasteiger partial charge in [-0.05, 0) is 25.8 Å². The molecule has 13 heavy (non-hydrogen) atoms. The number of amides is 3. The van der Waals surface area contributed by atoms with Gasteiger partial charge in [-0.2, -0.15) is 0 Å². The summed E-state index contributed by atoms with van der Waals surface area (Å²) in [6.45, 7) is 1.47. The van der Waals surface area contributed by atoms with Gasteiger partial charge in [-0.15, -0.1) is 0 Å². The Labute approximate surface area is 76.3 Å². The molecule has 1 spiro atoms. The van der Waals surface area contributed by atoms with Crippen LogP contribution in [0.3, 0.4) is 0 Å². The van der Waals surface area contributed by atoms with Gasteiger partial charge in [0.15, 0.2) is 0 Å². The molecule has 1 unspecified atom stereocenters. The molecule has 0 bridgehead atoms. The molecule has 2 heterocycles. The lowest BCUT2D eigenvalue weighted by atomic mass is 9.94. The van der Waals surface area contributed by atoms with Crippen molar-refractivity contribution in [3.05, 3.63) is 0 Å². The monoisotopic (exact) mass is 183 g/mol. The van der Waals surface area contributed by atoms with Crippen molar-refractivity contribution >= 4 is 11.9 Å². The Morgan fingerprint density at radius 2 is 2.08 bits per heavy atom. The standard InChI is InChI=1S/C8H13N3O2/c12-6-8(11-7(13)10-6)3-1-2-4-9-5-8/h9H,1-5H2,(H2,10,11,12,13). The second kappa shape index (κ2) is 2.99. The average Bonchev–Trinajstić information content (AvgIpc) is 2.29. The number of hydrogen-bond donors (Lipinski definition) is 3. The smallest absolute Gasteiger partial charge is 0.322 e. The van der Waals surface area contributed by atoms with Crippen LogP contribution in [0.1, 0.15) is 19.3 Å². The maximum Gasteiger partial charge on any atom is 0.322 e. The SMILES string of the molecule is O=C1NC(=O)C2(CCCCNC2)N1. The van der Waals surface area contributed by atoms with Crippen molar-refractivity contribution in [2.75, 3.05) is 13.1 Å². The molecule has 0 aromatic heterocycles. The number of rotatable bonds is 0. The molecule has 2 rings (SSSR count). The lowest BCUT2D eigenvalue weighted by Crippen LogP contribution is -2.53. The molecule has 3 amide bonds. The fourth-order valence-electron chi connectivity index (χ4n) is 1.90. The van der Waals surface area contributed by atoms with Crippen LogP contribution in [-0.2, 0) is 4.79 Å². The minimum Gasteiger partial charge on any atom is -0.322 e. The molecule has 5 heteroatoms. The van der Waals surface area contributed by atoms with Gasteiger partial charge in [-0.3, -0.25) is 10.1 Å². The Morgan fingerprint density at radius 3 is 2.77 bits per heavy atom. The second-order valence-corrected chi connectivity index (χ2v) is 3.62. The fraction of sp³-hybridized carbons (Fsp3) is 0.750. The van der Waals surface area contributed by atoms with Crippen molar-refractivity contribution in [3.8, 4) is 0 Å². The van der Waals surface area contributed by atoms with Crippen molar-refractivity contribution in [2.45, 2.75) is 24.8 Å². The van der Waals surface area contributed by atoms with Crippen LogP contribution >= 0.6 is 0 Å². The van der Waals surface area contributed by atoms with Crippen LogP contribution in [0.25, 0.3) is 0 Å². The fourth-order valence-corrected chi connectivity index (χ4v) is 1.90. The van der Waals surface area contributed by atoms with Crippen LogP contribution in [0.2, 0.25) is 0 Å². The number of carbonyl (C=O) groups excluding carboxylic acids is 2. The maximum atomic E-state index is 11.5. The van der Waals surface area contributed by atoms with E-state index < -0.39 is 5.54 Å². The molecule has 0 radical (unpaired) electrons. The van der Waals surface area contributed by atoms with Gasteiger partial charge in [0.25, 0.3) is 5.91 Å². The highest BCUT2D eigenvalue weighted by Gasteiger charge is 2.45. The third kappa shape index (κ3) is 1.39. The first-order chi connectivity index (χ1) is 6.23. The number of carbonyl (C=O) groups is 2. The van der Waals surface area contributed by atoms with E-state index >= 15 is 0 Å². The van der Waals surface area contributed by atoms with Crippen LogP contribution in [0.15, 0.2) is 0 Å². The third-order valence-corrected chi connectivity index (χ3v) is 2.65. The van der Waals surface area contributed by atoms with Crippen molar-refractivity contribution in [2.24, 2.45) is 0 Å². The van der Waals surface area contributed by atoms with E-state index in [1.807, 2.05) is 0 Å². The summed E-state index contributed by atoms with van der Waals surface area (Å²) in [6.07, 6.45) is 2.77. The van der Waals surface area contributed by atoms with Crippen LogP contribution in [-0.4, -0.2) is 30.6 Å². The maximum absolute atomic E-state index is 11.5. The molecular formula is C8H13N3O2. The lowest BCUT2D eigenvalue weighted by molar-refractivity contribution is -0.124. The minimum absolute atomic E-state index is 0.188. The summed E-state index contributed by atoms with van der Waals surface area (Å²) in [4.78, 5) is 22.4. The van der Waals surface area contributed by atoms with Crippen molar-refractivity contribution in [1.29, 1.82) is 0 Å². The van der Waals surface area contributed by atoms with E-state index in [0.717, 1.165) is 25.8 Å². The Balaban J connectivity index is 2.17. The highest BCUT2D eigenvalue weighted by Crippen LogP contribution is 2.19. The predicted molar refractivity (Wildman–Crippen MR) is 46.1 cm³/mol. The molecule has 0 aliphatic carbocycles. The molecule has 2 aliphatic heterocycles. The van der Waals surface area contributed by atoms with Crippen LogP contribution in [0.5, 0.6) is 0 Å². The van der Waals surface area contributed by atoms with Gasteiger partial charge in [0, 0.05) is 6.54 Å². The van der Waals surface area contributed by atoms with Gasteiger partial charge in [-0.25, -0.2) is 4.79 Å².